The molecule has 1 N–H and O–H groups in total. The number of nitrogens with one attached hydrogen (secondary N) is 1. The van der Waals surface area contributed by atoms with E-state index >= 15 is 0 Å². The maximum absolute atomic E-state index is 3.68. The number of hydrogen-bond acceptors (Lipinski definition) is 2. The molecule has 1 aliphatic heterocycles. The Morgan fingerprint density at radius 3 is 2.80 bits per heavy atom. The average Bonchev–Trinajstić information content (AvgIpc) is 2.49. The van der Waals surface area contributed by atoms with Crippen LogP contribution in [0.25, 0.3) is 0 Å². The first-order valence-electron chi connectivity index (χ1n) is 8.31. The third kappa shape index (κ3) is 4.92. The van der Waals surface area contributed by atoms with Gasteiger partial charge in [-0.15, -0.1) is 0 Å². The lowest BCUT2D eigenvalue weighted by atomic mass is 10.0. The van der Waals surface area contributed by atoms with Crippen molar-refractivity contribution >= 4 is 0 Å². The van der Waals surface area contributed by atoms with Gasteiger partial charge in [0.2, 0.25) is 0 Å². The van der Waals surface area contributed by atoms with E-state index in [4.69, 9.17) is 0 Å². The predicted octanol–water partition coefficient (Wildman–Crippen LogP) is 3.47. The standard InChI is InChI=1S/C18H30N2/c1-3-4-6-9-16(2)20-13-12-19-18(15-20)14-17-10-7-5-8-11-17/h5,7-8,10-11,16,18-19H,3-4,6,9,12-15H2,1-2H3. The first-order chi connectivity index (χ1) is 9.79. The molecule has 112 valence electrons. The molecule has 1 aromatic rings. The van der Waals surface area contributed by atoms with Crippen LogP contribution in [0.15, 0.2) is 30.3 Å². The quantitative estimate of drug-likeness (QED) is 0.766. The highest BCUT2D eigenvalue weighted by atomic mass is 15.2. The highest BCUT2D eigenvalue weighted by Gasteiger charge is 2.22. The second-order valence-corrected chi connectivity index (χ2v) is 6.18. The van der Waals surface area contributed by atoms with Crippen LogP contribution < -0.4 is 5.32 Å². The molecule has 0 aliphatic carbocycles. The monoisotopic (exact) mass is 274 g/mol. The summed E-state index contributed by atoms with van der Waals surface area (Å²) < 4.78 is 0. The molecular formula is C18H30N2. The number of unbranched alkanes of at least 4 members (excludes halogenated alkanes) is 2. The minimum absolute atomic E-state index is 0.611. The van der Waals surface area contributed by atoms with E-state index in [1.807, 2.05) is 0 Å². The molecule has 1 saturated heterocycles. The third-order valence-corrected chi connectivity index (χ3v) is 4.46. The van der Waals surface area contributed by atoms with Gasteiger partial charge in [-0.05, 0) is 25.3 Å². The van der Waals surface area contributed by atoms with Crippen molar-refractivity contribution in [3.63, 3.8) is 0 Å². The number of rotatable bonds is 7. The zero-order valence-corrected chi connectivity index (χ0v) is 13.1. The van der Waals surface area contributed by atoms with Gasteiger partial charge in [-0.1, -0.05) is 56.5 Å². The Hall–Kier alpha value is -0.860. The molecule has 0 amide bonds. The van der Waals surface area contributed by atoms with Gasteiger partial charge in [0.05, 0.1) is 0 Å². The van der Waals surface area contributed by atoms with E-state index in [1.165, 1.54) is 44.3 Å². The molecule has 20 heavy (non-hydrogen) atoms. The molecule has 2 atom stereocenters. The Bertz CT molecular complexity index is 363. The molecule has 2 nitrogen and oxygen atoms in total. The number of piperazine rings is 1. The molecule has 0 saturated carbocycles. The van der Waals surface area contributed by atoms with Crippen LogP contribution in [-0.4, -0.2) is 36.6 Å². The highest BCUT2D eigenvalue weighted by Crippen LogP contribution is 2.14. The van der Waals surface area contributed by atoms with E-state index < -0.39 is 0 Å². The van der Waals surface area contributed by atoms with Crippen molar-refractivity contribution in [1.29, 1.82) is 0 Å². The minimum Gasteiger partial charge on any atom is -0.311 e. The predicted molar refractivity (Wildman–Crippen MR) is 87.1 cm³/mol. The first-order valence-corrected chi connectivity index (χ1v) is 8.31. The number of benzene rings is 1. The van der Waals surface area contributed by atoms with E-state index in [1.54, 1.807) is 0 Å². The highest BCUT2D eigenvalue weighted by molar-refractivity contribution is 5.16. The van der Waals surface area contributed by atoms with E-state index in [0.717, 1.165) is 19.0 Å². The summed E-state index contributed by atoms with van der Waals surface area (Å²) >= 11 is 0. The molecule has 1 fully saturated rings. The van der Waals surface area contributed by atoms with Gasteiger partial charge in [0.25, 0.3) is 0 Å². The van der Waals surface area contributed by atoms with Crippen molar-refractivity contribution in [1.82, 2.24) is 10.2 Å². The molecule has 0 aromatic heterocycles. The fourth-order valence-corrected chi connectivity index (χ4v) is 3.16. The van der Waals surface area contributed by atoms with Crippen LogP contribution >= 0.6 is 0 Å². The van der Waals surface area contributed by atoms with Crippen molar-refractivity contribution in [2.75, 3.05) is 19.6 Å². The molecular weight excluding hydrogens is 244 g/mol. The van der Waals surface area contributed by atoms with E-state index in [-0.39, 0.29) is 0 Å². The van der Waals surface area contributed by atoms with Crippen LogP contribution in [0.5, 0.6) is 0 Å². The molecule has 0 radical (unpaired) electrons. The van der Waals surface area contributed by atoms with E-state index in [9.17, 15) is 0 Å². The lowest BCUT2D eigenvalue weighted by Gasteiger charge is -2.37. The SMILES string of the molecule is CCCCCC(C)N1CCNC(Cc2ccccc2)C1. The number of nitrogens with zero attached hydrogens (tertiary/aromatic N) is 1. The summed E-state index contributed by atoms with van der Waals surface area (Å²) in [6.07, 6.45) is 6.59. The van der Waals surface area contributed by atoms with Gasteiger partial charge >= 0.3 is 0 Å². The second-order valence-electron chi connectivity index (χ2n) is 6.18. The zero-order valence-electron chi connectivity index (χ0n) is 13.1. The van der Waals surface area contributed by atoms with Gasteiger partial charge in [-0.3, -0.25) is 4.90 Å². The topological polar surface area (TPSA) is 15.3 Å². The van der Waals surface area contributed by atoms with Crippen LogP contribution in [0.2, 0.25) is 0 Å². The van der Waals surface area contributed by atoms with Crippen molar-refractivity contribution < 1.29 is 0 Å². The molecule has 2 unspecified atom stereocenters. The van der Waals surface area contributed by atoms with Crippen molar-refractivity contribution in [2.24, 2.45) is 0 Å². The summed E-state index contributed by atoms with van der Waals surface area (Å²) in [4.78, 5) is 2.68. The fourth-order valence-electron chi connectivity index (χ4n) is 3.16. The summed E-state index contributed by atoms with van der Waals surface area (Å²) in [5.41, 5.74) is 1.45. The molecule has 2 heteroatoms. The van der Waals surface area contributed by atoms with Crippen LogP contribution in [-0.2, 0) is 6.42 Å². The summed E-state index contributed by atoms with van der Waals surface area (Å²) in [5.74, 6) is 0. The smallest absolute Gasteiger partial charge is 0.0236 e. The average molecular weight is 274 g/mol. The van der Waals surface area contributed by atoms with E-state index in [0.29, 0.717) is 6.04 Å². The molecule has 0 spiro atoms. The first kappa shape index (κ1) is 15.5. The fraction of sp³-hybridized carbons (Fsp3) is 0.667. The van der Waals surface area contributed by atoms with Crippen LogP contribution in [0.4, 0.5) is 0 Å². The maximum Gasteiger partial charge on any atom is 0.0236 e. The van der Waals surface area contributed by atoms with Gasteiger partial charge in [-0.25, -0.2) is 0 Å². The molecule has 0 bridgehead atoms. The van der Waals surface area contributed by atoms with E-state index in [2.05, 4.69) is 54.4 Å². The Balaban J connectivity index is 1.79. The summed E-state index contributed by atoms with van der Waals surface area (Å²) in [5, 5.41) is 3.68. The largest absolute Gasteiger partial charge is 0.311 e. The van der Waals surface area contributed by atoms with Crippen molar-refractivity contribution in [3.8, 4) is 0 Å². The minimum atomic E-state index is 0.611. The maximum atomic E-state index is 3.68. The van der Waals surface area contributed by atoms with Crippen LogP contribution in [0.3, 0.4) is 0 Å². The van der Waals surface area contributed by atoms with Crippen molar-refractivity contribution in [2.45, 2.75) is 58.0 Å². The summed E-state index contributed by atoms with van der Waals surface area (Å²) in [6.45, 7) is 8.22. The molecule has 1 aliphatic rings. The summed E-state index contributed by atoms with van der Waals surface area (Å²) in [7, 11) is 0. The Kier molecular flexibility index (Phi) is 6.55. The lowest BCUT2D eigenvalue weighted by Crippen LogP contribution is -2.54. The lowest BCUT2D eigenvalue weighted by molar-refractivity contribution is 0.144. The van der Waals surface area contributed by atoms with Gasteiger partial charge in [0, 0.05) is 31.7 Å². The normalized spacial score (nSPS) is 21.8. The van der Waals surface area contributed by atoms with Gasteiger partial charge < -0.3 is 5.32 Å². The Morgan fingerprint density at radius 2 is 2.05 bits per heavy atom. The van der Waals surface area contributed by atoms with Gasteiger partial charge in [0.15, 0.2) is 0 Å². The van der Waals surface area contributed by atoms with Crippen LogP contribution in [0.1, 0.15) is 45.1 Å². The zero-order chi connectivity index (χ0) is 14.2. The number of hydrogen-bond donors (Lipinski definition) is 1. The van der Waals surface area contributed by atoms with Gasteiger partial charge in [0.1, 0.15) is 0 Å². The summed E-state index contributed by atoms with van der Waals surface area (Å²) in [6, 6.07) is 12.2. The Labute approximate surface area is 124 Å². The third-order valence-electron chi connectivity index (χ3n) is 4.46. The molecule has 1 aromatic carbocycles. The molecule has 2 rings (SSSR count). The van der Waals surface area contributed by atoms with Gasteiger partial charge in [-0.2, -0.15) is 0 Å². The Morgan fingerprint density at radius 1 is 1.25 bits per heavy atom. The molecule has 1 heterocycles. The van der Waals surface area contributed by atoms with Crippen LogP contribution in [0, 0.1) is 0 Å². The van der Waals surface area contributed by atoms with Crippen molar-refractivity contribution in [3.05, 3.63) is 35.9 Å². The second kappa shape index (κ2) is 8.43.